The van der Waals surface area contributed by atoms with Gasteiger partial charge in [0.2, 0.25) is 5.91 Å². The molecule has 1 unspecified atom stereocenters. The smallest absolute Gasteiger partial charge is 0.231 e. The number of nitrogens with two attached hydrogens (primary N) is 1. The summed E-state index contributed by atoms with van der Waals surface area (Å²) in [6, 6.07) is 7.36. The maximum absolute atomic E-state index is 12.0. The summed E-state index contributed by atoms with van der Waals surface area (Å²) in [4.78, 5) is 12.6. The third-order valence-electron chi connectivity index (χ3n) is 3.13. The molecule has 0 aromatic heterocycles. The van der Waals surface area contributed by atoms with Crippen molar-refractivity contribution in [1.82, 2.24) is 5.32 Å². The largest absolute Gasteiger partial charge is 0.398 e. The Kier molecular flexibility index (Phi) is 5.73. The molecule has 4 nitrogen and oxygen atoms in total. The van der Waals surface area contributed by atoms with Crippen molar-refractivity contribution in [1.29, 1.82) is 5.26 Å². The van der Waals surface area contributed by atoms with Crippen molar-refractivity contribution in [3.63, 3.8) is 0 Å². The normalized spacial score (nSPS) is 13.6. The summed E-state index contributed by atoms with van der Waals surface area (Å²) in [5.41, 5.74) is 5.49. The lowest BCUT2D eigenvalue weighted by atomic mass is 9.90. The van der Waals surface area contributed by atoms with Crippen LogP contribution in [0.1, 0.15) is 20.8 Å². The Morgan fingerprint density at radius 3 is 2.75 bits per heavy atom. The average molecular weight is 312 g/mol. The fourth-order valence-corrected chi connectivity index (χ4v) is 2.58. The number of nitriles is 1. The topological polar surface area (TPSA) is 78.9 Å². The molecule has 0 bridgehead atoms. The SMILES string of the molecule is CC(C)C(C)(C#N)NC(=O)CSc1c(N)cccc1Cl. The van der Waals surface area contributed by atoms with E-state index in [0.29, 0.717) is 15.6 Å². The molecule has 6 heteroatoms. The van der Waals surface area contributed by atoms with E-state index in [-0.39, 0.29) is 17.6 Å². The summed E-state index contributed by atoms with van der Waals surface area (Å²) in [6.45, 7) is 5.50. The van der Waals surface area contributed by atoms with Crippen LogP contribution in [0.3, 0.4) is 0 Å². The van der Waals surface area contributed by atoms with Gasteiger partial charge in [0.05, 0.1) is 16.8 Å². The molecule has 3 N–H and O–H groups in total. The molecule has 0 heterocycles. The highest BCUT2D eigenvalue weighted by molar-refractivity contribution is 8.00. The number of thioether (sulfide) groups is 1. The summed E-state index contributed by atoms with van der Waals surface area (Å²) < 4.78 is 0. The summed E-state index contributed by atoms with van der Waals surface area (Å²) >= 11 is 7.31. The Morgan fingerprint density at radius 1 is 1.60 bits per heavy atom. The minimum absolute atomic E-state index is 0.0202. The van der Waals surface area contributed by atoms with Crippen molar-refractivity contribution in [2.75, 3.05) is 11.5 Å². The van der Waals surface area contributed by atoms with Gasteiger partial charge < -0.3 is 11.1 Å². The monoisotopic (exact) mass is 311 g/mol. The molecule has 1 amide bonds. The Balaban J connectivity index is 2.67. The van der Waals surface area contributed by atoms with Crippen LogP contribution in [0.15, 0.2) is 23.1 Å². The highest BCUT2D eigenvalue weighted by atomic mass is 35.5. The molecule has 1 rings (SSSR count). The van der Waals surface area contributed by atoms with Crippen LogP contribution in [0.2, 0.25) is 5.02 Å². The molecule has 0 radical (unpaired) electrons. The first-order valence-corrected chi connectivity index (χ1v) is 7.55. The second-order valence-corrected chi connectivity index (χ2v) is 6.36. The molecule has 0 aliphatic heterocycles. The predicted octanol–water partition coefficient (Wildman–Crippen LogP) is 3.07. The van der Waals surface area contributed by atoms with Crippen LogP contribution in [0.5, 0.6) is 0 Å². The number of amides is 1. The number of nitrogen functional groups attached to an aromatic ring is 1. The van der Waals surface area contributed by atoms with Crippen LogP contribution < -0.4 is 11.1 Å². The summed E-state index contributed by atoms with van der Waals surface area (Å²) in [7, 11) is 0. The lowest BCUT2D eigenvalue weighted by Gasteiger charge is -2.27. The standard InChI is InChI=1S/C14H18ClN3OS/c1-9(2)14(3,8-16)18-12(19)7-20-13-10(15)5-4-6-11(13)17/h4-6,9H,7,17H2,1-3H3,(H,18,19). The summed E-state index contributed by atoms with van der Waals surface area (Å²) in [6.07, 6.45) is 0. The molecule has 0 aliphatic rings. The van der Waals surface area contributed by atoms with Crippen LogP contribution in [0.4, 0.5) is 5.69 Å². The molecule has 20 heavy (non-hydrogen) atoms. The lowest BCUT2D eigenvalue weighted by molar-refractivity contribution is -0.120. The van der Waals surface area contributed by atoms with E-state index in [4.69, 9.17) is 22.6 Å². The Labute approximate surface area is 128 Å². The first-order valence-electron chi connectivity index (χ1n) is 6.19. The van der Waals surface area contributed by atoms with Crippen molar-refractivity contribution in [3.8, 4) is 6.07 Å². The predicted molar refractivity (Wildman–Crippen MR) is 83.6 cm³/mol. The number of carbonyl (C=O) groups excluding carboxylic acids is 1. The average Bonchev–Trinajstić information content (AvgIpc) is 2.37. The zero-order valence-electron chi connectivity index (χ0n) is 11.7. The molecule has 0 spiro atoms. The molecular formula is C14H18ClN3OS. The van der Waals surface area contributed by atoms with Crippen molar-refractivity contribution in [2.24, 2.45) is 5.92 Å². The molecule has 108 valence electrons. The van der Waals surface area contributed by atoms with Crippen molar-refractivity contribution in [3.05, 3.63) is 23.2 Å². The van der Waals surface area contributed by atoms with E-state index in [1.165, 1.54) is 11.8 Å². The van der Waals surface area contributed by atoms with Gasteiger partial charge in [-0.1, -0.05) is 31.5 Å². The second kappa shape index (κ2) is 6.87. The summed E-state index contributed by atoms with van der Waals surface area (Å²) in [5.74, 6) is -0.0309. The Hall–Kier alpha value is -1.38. The van der Waals surface area contributed by atoms with Crippen molar-refractivity contribution >= 4 is 35.0 Å². The van der Waals surface area contributed by atoms with Crippen LogP contribution in [0, 0.1) is 17.2 Å². The number of hydrogen-bond donors (Lipinski definition) is 2. The van der Waals surface area contributed by atoms with Gasteiger partial charge in [-0.25, -0.2) is 0 Å². The molecule has 0 fully saturated rings. The molecule has 0 aliphatic carbocycles. The molecule has 1 aromatic carbocycles. The van der Waals surface area contributed by atoms with Crippen molar-refractivity contribution in [2.45, 2.75) is 31.2 Å². The fraction of sp³-hybridized carbons (Fsp3) is 0.429. The van der Waals surface area contributed by atoms with Gasteiger partial charge in [0.25, 0.3) is 0 Å². The van der Waals surface area contributed by atoms with Gasteiger partial charge in [-0.15, -0.1) is 11.8 Å². The molecular weight excluding hydrogens is 294 g/mol. The van der Waals surface area contributed by atoms with E-state index in [9.17, 15) is 4.79 Å². The lowest BCUT2D eigenvalue weighted by Crippen LogP contribution is -2.49. The van der Waals surface area contributed by atoms with Gasteiger partial charge in [0, 0.05) is 10.6 Å². The molecule has 1 aromatic rings. The number of benzene rings is 1. The fourth-order valence-electron chi connectivity index (χ4n) is 1.44. The zero-order chi connectivity index (χ0) is 15.3. The maximum Gasteiger partial charge on any atom is 0.231 e. The van der Waals surface area contributed by atoms with Gasteiger partial charge in [0.15, 0.2) is 0 Å². The third kappa shape index (κ3) is 4.06. The number of nitrogens with one attached hydrogen (secondary N) is 1. The Morgan fingerprint density at radius 2 is 2.25 bits per heavy atom. The van der Waals surface area contributed by atoms with E-state index < -0.39 is 5.54 Å². The maximum atomic E-state index is 12.0. The number of rotatable bonds is 5. The molecule has 0 saturated carbocycles. The first-order chi connectivity index (χ1) is 9.30. The van der Waals surface area contributed by atoms with Crippen LogP contribution >= 0.6 is 23.4 Å². The van der Waals surface area contributed by atoms with Crippen LogP contribution in [0.25, 0.3) is 0 Å². The second-order valence-electron chi connectivity index (χ2n) is 4.96. The summed E-state index contributed by atoms with van der Waals surface area (Å²) in [5, 5.41) is 12.4. The molecule has 0 saturated heterocycles. The van der Waals surface area contributed by atoms with Crippen molar-refractivity contribution < 1.29 is 4.79 Å². The Bertz CT molecular complexity index is 521. The number of hydrogen-bond acceptors (Lipinski definition) is 4. The minimum Gasteiger partial charge on any atom is -0.398 e. The van der Waals surface area contributed by atoms with Crippen LogP contribution in [-0.4, -0.2) is 17.2 Å². The minimum atomic E-state index is -0.871. The zero-order valence-corrected chi connectivity index (χ0v) is 13.3. The number of nitrogens with zero attached hydrogens (tertiary/aromatic N) is 1. The number of carbonyl (C=O) groups is 1. The highest BCUT2D eigenvalue weighted by Crippen LogP contribution is 2.32. The van der Waals surface area contributed by atoms with E-state index in [0.717, 1.165) is 0 Å². The van der Waals surface area contributed by atoms with Gasteiger partial charge >= 0.3 is 0 Å². The first kappa shape index (κ1) is 16.7. The van der Waals surface area contributed by atoms with Gasteiger partial charge in [-0.3, -0.25) is 4.79 Å². The van der Waals surface area contributed by atoms with E-state index >= 15 is 0 Å². The van der Waals surface area contributed by atoms with E-state index in [1.807, 2.05) is 13.8 Å². The van der Waals surface area contributed by atoms with Crippen LogP contribution in [-0.2, 0) is 4.79 Å². The van der Waals surface area contributed by atoms with E-state index in [1.54, 1.807) is 25.1 Å². The van der Waals surface area contributed by atoms with Gasteiger partial charge in [0.1, 0.15) is 5.54 Å². The van der Waals surface area contributed by atoms with Gasteiger partial charge in [-0.2, -0.15) is 5.26 Å². The third-order valence-corrected chi connectivity index (χ3v) is 4.71. The number of halogens is 1. The van der Waals surface area contributed by atoms with Gasteiger partial charge in [-0.05, 0) is 25.0 Å². The van der Waals surface area contributed by atoms with E-state index in [2.05, 4.69) is 11.4 Å². The number of anilines is 1. The molecule has 1 atom stereocenters. The highest BCUT2D eigenvalue weighted by Gasteiger charge is 2.29. The quantitative estimate of drug-likeness (QED) is 0.647.